The van der Waals surface area contributed by atoms with E-state index >= 15 is 0 Å². The molecule has 0 saturated carbocycles. The summed E-state index contributed by atoms with van der Waals surface area (Å²) in [7, 11) is 0. The van der Waals surface area contributed by atoms with Gasteiger partial charge in [0.2, 0.25) is 0 Å². The van der Waals surface area contributed by atoms with Crippen molar-refractivity contribution < 1.29 is 4.42 Å². The summed E-state index contributed by atoms with van der Waals surface area (Å²) < 4.78 is 8.92. The normalized spacial score (nSPS) is 18.2. The molecule has 2 heterocycles. The molecule has 3 atom stereocenters. The van der Waals surface area contributed by atoms with Crippen LogP contribution in [0.4, 0.5) is 0 Å². The summed E-state index contributed by atoms with van der Waals surface area (Å²) in [6.07, 6.45) is 20.6. The van der Waals surface area contributed by atoms with Crippen LogP contribution < -0.4 is 0 Å². The first kappa shape index (κ1) is 45.3. The number of furan rings is 1. The van der Waals surface area contributed by atoms with E-state index < -0.39 is 0 Å². The Kier molecular flexibility index (Phi) is 11.7. The Balaban J connectivity index is 0.000000150. The fourth-order valence-electron chi connectivity index (χ4n) is 13.2. The molecule has 3 unspecified atom stereocenters. The first-order chi connectivity index (χ1) is 34.7. The van der Waals surface area contributed by atoms with Gasteiger partial charge in [0, 0.05) is 33.2 Å². The summed E-state index contributed by atoms with van der Waals surface area (Å²) in [4.78, 5) is 0. The fraction of sp³-hybridized carbons (Fsp3) is 0.275. The fourth-order valence-corrected chi connectivity index (χ4v) is 13.2. The molecular formula is C69H67NO. The van der Waals surface area contributed by atoms with Crippen LogP contribution in [0, 0.1) is 19.8 Å². The van der Waals surface area contributed by atoms with Gasteiger partial charge >= 0.3 is 0 Å². The van der Waals surface area contributed by atoms with E-state index in [1.807, 2.05) is 0 Å². The second kappa shape index (κ2) is 18.4. The maximum absolute atomic E-state index is 6.46. The van der Waals surface area contributed by atoms with E-state index in [2.05, 4.69) is 205 Å². The average Bonchev–Trinajstić information content (AvgIpc) is 4.12. The van der Waals surface area contributed by atoms with Gasteiger partial charge in [0.1, 0.15) is 11.2 Å². The smallest absolute Gasteiger partial charge is 0.135 e. The third kappa shape index (κ3) is 7.60. The molecule has 0 saturated heterocycles. The zero-order valence-electron chi connectivity index (χ0n) is 42.9. The van der Waals surface area contributed by atoms with Crippen LogP contribution >= 0.6 is 0 Å². The van der Waals surface area contributed by atoms with E-state index in [0.717, 1.165) is 24.0 Å². The van der Waals surface area contributed by atoms with Gasteiger partial charge in [-0.25, -0.2) is 0 Å². The van der Waals surface area contributed by atoms with Crippen molar-refractivity contribution in [3.63, 3.8) is 0 Å². The maximum Gasteiger partial charge on any atom is 0.135 e. The van der Waals surface area contributed by atoms with E-state index in [1.54, 1.807) is 16.7 Å². The lowest BCUT2D eigenvalue weighted by molar-refractivity contribution is 0.668. The standard InChI is InChI=1S/C40H29NO.C23H24.C6H14/c1-22-11-12-24-18-25-19-38-34(21-32(25)31(24)17-22)33-20-26(13-16-37(33)42-38)41-35-10-6-5-9-30(35)40-36(41)15-14-29-28-8-4-3-7-27(28)23(2)39(29)40;1-15-8-4-6-10-19(15)22-16(2)12-13-21-20-11-7-5-9-18(20)14-17(3)23(21)22;1-3-5-6-4-2/h3-16,19-23H,17-18H2,1-2H3;4-6,8-10,12-13,17H,7,11,14H2,1-3H3;3-6H2,1-2H3. The number of fused-ring (bicyclic) bond motifs is 14. The van der Waals surface area contributed by atoms with Crippen molar-refractivity contribution in [2.24, 2.45) is 5.92 Å². The summed E-state index contributed by atoms with van der Waals surface area (Å²) in [6, 6.07) is 47.4. The van der Waals surface area contributed by atoms with E-state index in [-0.39, 0.29) is 0 Å². The number of nitrogens with zero attached hydrogens (tertiary/aromatic N) is 1. The van der Waals surface area contributed by atoms with Gasteiger partial charge in [0.25, 0.3) is 0 Å². The minimum Gasteiger partial charge on any atom is -0.456 e. The molecule has 0 aliphatic heterocycles. The molecule has 0 amide bonds. The summed E-state index contributed by atoms with van der Waals surface area (Å²) >= 11 is 0. The zero-order chi connectivity index (χ0) is 48.5. The van der Waals surface area contributed by atoms with E-state index in [0.29, 0.717) is 17.8 Å². The molecular weight excluding hydrogens is 859 g/mol. The number of hydrogen-bond acceptors (Lipinski definition) is 1. The Morgan fingerprint density at radius 1 is 0.577 bits per heavy atom. The Hall–Kier alpha value is -6.90. The minimum atomic E-state index is 0.359. The monoisotopic (exact) mass is 926 g/mol. The lowest BCUT2D eigenvalue weighted by Gasteiger charge is -2.32. The molecule has 0 spiro atoms. The Morgan fingerprint density at radius 2 is 1.34 bits per heavy atom. The van der Waals surface area contributed by atoms with Crippen molar-refractivity contribution >= 4 is 54.9 Å². The van der Waals surface area contributed by atoms with Crippen molar-refractivity contribution in [3.05, 3.63) is 207 Å². The molecule has 2 heteroatoms. The van der Waals surface area contributed by atoms with Crippen molar-refractivity contribution in [1.29, 1.82) is 0 Å². The van der Waals surface area contributed by atoms with Crippen LogP contribution in [0.15, 0.2) is 167 Å². The molecule has 5 aliphatic carbocycles. The lowest BCUT2D eigenvalue weighted by atomic mass is 9.72. The first-order valence-electron chi connectivity index (χ1n) is 26.9. The molecule has 5 aliphatic rings. The lowest BCUT2D eigenvalue weighted by Crippen LogP contribution is -2.12. The summed E-state index contributed by atoms with van der Waals surface area (Å²) in [6.45, 7) is 16.0. The molecule has 14 rings (SSSR count). The zero-order valence-corrected chi connectivity index (χ0v) is 42.9. The highest BCUT2D eigenvalue weighted by Crippen LogP contribution is 2.51. The second-order valence-electron chi connectivity index (χ2n) is 21.4. The molecule has 71 heavy (non-hydrogen) atoms. The topological polar surface area (TPSA) is 18.1 Å². The van der Waals surface area contributed by atoms with Crippen molar-refractivity contribution in [2.45, 2.75) is 118 Å². The van der Waals surface area contributed by atoms with Crippen LogP contribution in [-0.2, 0) is 6.42 Å². The highest BCUT2D eigenvalue weighted by atomic mass is 16.3. The number of allylic oxidation sites excluding steroid dienone is 8. The number of hydrogen-bond donors (Lipinski definition) is 0. The van der Waals surface area contributed by atoms with Crippen LogP contribution in [0.25, 0.3) is 82.8 Å². The van der Waals surface area contributed by atoms with Gasteiger partial charge < -0.3 is 8.98 Å². The number of aromatic nitrogens is 1. The number of para-hydroxylation sites is 1. The summed E-state index contributed by atoms with van der Waals surface area (Å²) in [5.74, 6) is 1.53. The Labute approximate surface area is 421 Å². The molecule has 0 bridgehead atoms. The Morgan fingerprint density at radius 3 is 2.17 bits per heavy atom. The predicted molar refractivity (Wildman–Crippen MR) is 304 cm³/mol. The number of rotatable bonds is 5. The summed E-state index contributed by atoms with van der Waals surface area (Å²) in [5, 5.41) is 5.09. The number of benzene rings is 7. The van der Waals surface area contributed by atoms with Gasteiger partial charge in [0.05, 0.1) is 11.0 Å². The molecule has 0 fully saturated rings. The number of aryl methyl sites for hydroxylation is 2. The third-order valence-corrected chi connectivity index (χ3v) is 16.6. The SMILES string of the molecule is CC1C=CC2=C(C1)c1cc3c(cc1C2)oc1ccc(-n2c4ccccc4c4c5c(ccc42)-c2ccccc2C5C)cc13.CCCCCC.Cc1ccccc1-c1c(C)ccc2c1C(C)CC1=C2CCC=C1. The van der Waals surface area contributed by atoms with Crippen molar-refractivity contribution in [3.8, 4) is 27.9 Å². The van der Waals surface area contributed by atoms with Crippen molar-refractivity contribution in [2.75, 3.05) is 0 Å². The van der Waals surface area contributed by atoms with Gasteiger partial charge in [-0.1, -0.05) is 170 Å². The molecule has 9 aromatic rings. The van der Waals surface area contributed by atoms with E-state index in [9.17, 15) is 0 Å². The van der Waals surface area contributed by atoms with Gasteiger partial charge in [-0.3, -0.25) is 0 Å². The van der Waals surface area contributed by atoms with Crippen LogP contribution in [0.1, 0.15) is 142 Å². The molecule has 0 N–H and O–H groups in total. The molecule has 7 aromatic carbocycles. The van der Waals surface area contributed by atoms with Crippen molar-refractivity contribution in [1.82, 2.24) is 4.57 Å². The molecule has 354 valence electrons. The van der Waals surface area contributed by atoms with Gasteiger partial charge in [-0.2, -0.15) is 0 Å². The van der Waals surface area contributed by atoms with Crippen LogP contribution in [0.2, 0.25) is 0 Å². The predicted octanol–water partition coefficient (Wildman–Crippen LogP) is 19.9. The largest absolute Gasteiger partial charge is 0.456 e. The number of unbranched alkanes of at least 4 members (excludes halogenated alkanes) is 3. The third-order valence-electron chi connectivity index (χ3n) is 16.6. The van der Waals surface area contributed by atoms with Crippen LogP contribution in [0.5, 0.6) is 0 Å². The first-order valence-corrected chi connectivity index (χ1v) is 26.9. The van der Waals surface area contributed by atoms with Gasteiger partial charge in [-0.05, 0) is 189 Å². The highest BCUT2D eigenvalue weighted by molar-refractivity contribution is 6.15. The van der Waals surface area contributed by atoms with Gasteiger partial charge in [0.15, 0.2) is 0 Å². The maximum atomic E-state index is 6.46. The van der Waals surface area contributed by atoms with Crippen LogP contribution in [-0.4, -0.2) is 4.57 Å². The molecule has 2 nitrogen and oxygen atoms in total. The molecule has 2 aromatic heterocycles. The summed E-state index contributed by atoms with van der Waals surface area (Å²) in [5.41, 5.74) is 29.0. The van der Waals surface area contributed by atoms with Gasteiger partial charge in [-0.15, -0.1) is 0 Å². The van der Waals surface area contributed by atoms with E-state index in [4.69, 9.17) is 4.42 Å². The van der Waals surface area contributed by atoms with Crippen LogP contribution in [0.3, 0.4) is 0 Å². The Bertz CT molecular complexity index is 3720. The highest BCUT2D eigenvalue weighted by Gasteiger charge is 2.31. The average molecular weight is 926 g/mol. The second-order valence-corrected chi connectivity index (χ2v) is 21.4. The van der Waals surface area contributed by atoms with E-state index in [1.165, 1.54) is 156 Å². The minimum absolute atomic E-state index is 0.359. The molecule has 0 radical (unpaired) electrons. The quantitative estimate of drug-likeness (QED) is 0.157.